The van der Waals surface area contributed by atoms with Crippen molar-refractivity contribution in [3.63, 3.8) is 0 Å². The maximum Gasteiger partial charge on any atom is 0.434 e. The number of halogens is 6. The number of alkyl halides is 5. The number of thiazole rings is 1. The molecule has 0 unspecified atom stereocenters. The number of nitrogens with one attached hydrogen (secondary N) is 2. The first-order valence-electron chi connectivity index (χ1n) is 8.09. The van der Waals surface area contributed by atoms with Crippen molar-refractivity contribution in [3.05, 3.63) is 33.8 Å². The van der Waals surface area contributed by atoms with Crippen LogP contribution in [0.25, 0.3) is 0 Å². The average molecular weight is 566 g/mol. The molecule has 1 aromatic carbocycles. The molecule has 14 heteroatoms. The molecule has 0 spiro atoms. The van der Waals surface area contributed by atoms with Crippen molar-refractivity contribution in [2.24, 2.45) is 4.99 Å². The van der Waals surface area contributed by atoms with E-state index in [1.165, 1.54) is 19.2 Å². The van der Waals surface area contributed by atoms with E-state index in [0.717, 1.165) is 16.7 Å². The Bertz CT molecular complexity index is 894. The van der Waals surface area contributed by atoms with E-state index < -0.39 is 18.5 Å². The second-order valence-corrected chi connectivity index (χ2v) is 6.54. The Morgan fingerprint density at radius 1 is 1.23 bits per heavy atom. The minimum atomic E-state index is -4.50. The Labute approximate surface area is 188 Å². The molecule has 0 atom stereocenters. The van der Waals surface area contributed by atoms with Crippen molar-refractivity contribution < 1.29 is 36.2 Å². The molecule has 0 saturated carbocycles. The van der Waals surface area contributed by atoms with E-state index >= 15 is 0 Å². The van der Waals surface area contributed by atoms with Crippen LogP contribution in [-0.2, 0) is 19.3 Å². The fourth-order valence-electron chi connectivity index (χ4n) is 2.39. The lowest BCUT2D eigenvalue weighted by molar-refractivity contribution is -0.140. The Morgan fingerprint density at radius 2 is 1.90 bits per heavy atom. The Morgan fingerprint density at radius 3 is 2.50 bits per heavy atom. The van der Waals surface area contributed by atoms with Crippen LogP contribution >= 0.6 is 35.3 Å². The third-order valence-corrected chi connectivity index (χ3v) is 4.54. The lowest BCUT2D eigenvalue weighted by Gasteiger charge is -2.15. The van der Waals surface area contributed by atoms with Crippen LogP contribution in [0.1, 0.15) is 16.3 Å². The summed E-state index contributed by atoms with van der Waals surface area (Å²) in [5.74, 6) is 0.807. The standard InChI is InChI=1S/C16H15F5N4O3S.HI/c1-22-15(24-5-13-25-12(6-29-13)16(19,20)21)23-4-8-2-10-11(27-7-26-10)3-9(8)28-14(17)18;/h2-3,6,14H,4-5,7H2,1H3,(H2,22,23,24);1H. The highest BCUT2D eigenvalue weighted by molar-refractivity contribution is 14.0. The number of fused-ring (bicyclic) bond motifs is 1. The summed E-state index contributed by atoms with van der Waals surface area (Å²) >= 11 is 0.856. The number of rotatable bonds is 6. The van der Waals surface area contributed by atoms with Gasteiger partial charge < -0.3 is 24.8 Å². The molecule has 2 aromatic rings. The predicted molar refractivity (Wildman–Crippen MR) is 109 cm³/mol. The molecular weight excluding hydrogens is 550 g/mol. The summed E-state index contributed by atoms with van der Waals surface area (Å²) in [6.07, 6.45) is -4.50. The molecule has 7 nitrogen and oxygen atoms in total. The van der Waals surface area contributed by atoms with Crippen molar-refractivity contribution in [2.75, 3.05) is 13.8 Å². The molecular formula is C16H16F5IN4O3S. The lowest BCUT2D eigenvalue weighted by atomic mass is 10.1. The zero-order chi connectivity index (χ0) is 21.0. The van der Waals surface area contributed by atoms with Gasteiger partial charge in [0.2, 0.25) is 6.79 Å². The molecule has 2 heterocycles. The van der Waals surface area contributed by atoms with E-state index in [4.69, 9.17) is 9.47 Å². The Balaban J connectivity index is 0.00000320. The quantitative estimate of drug-likeness (QED) is 0.239. The van der Waals surface area contributed by atoms with Gasteiger partial charge in [-0.3, -0.25) is 4.99 Å². The van der Waals surface area contributed by atoms with Crippen molar-refractivity contribution in [3.8, 4) is 17.2 Å². The van der Waals surface area contributed by atoms with Gasteiger partial charge in [-0.25, -0.2) is 4.98 Å². The molecule has 1 aliphatic rings. The van der Waals surface area contributed by atoms with Crippen LogP contribution in [-0.4, -0.2) is 31.4 Å². The van der Waals surface area contributed by atoms with Crippen molar-refractivity contribution >= 4 is 41.3 Å². The van der Waals surface area contributed by atoms with Crippen molar-refractivity contribution in [1.82, 2.24) is 15.6 Å². The number of guanidine groups is 1. The summed E-state index contributed by atoms with van der Waals surface area (Å²) in [6.45, 7) is -3.03. The summed E-state index contributed by atoms with van der Waals surface area (Å²) in [5, 5.41) is 6.82. The van der Waals surface area contributed by atoms with Gasteiger partial charge in [0, 0.05) is 30.6 Å². The van der Waals surface area contributed by atoms with E-state index in [0.29, 0.717) is 11.3 Å². The second-order valence-electron chi connectivity index (χ2n) is 5.60. The summed E-state index contributed by atoms with van der Waals surface area (Å²) in [4.78, 5) is 7.45. The maximum atomic E-state index is 12.7. The Hall–Kier alpha value is -2.10. The van der Waals surface area contributed by atoms with Gasteiger partial charge in [0.1, 0.15) is 10.8 Å². The van der Waals surface area contributed by atoms with E-state index in [9.17, 15) is 22.0 Å². The fraction of sp³-hybridized carbons (Fsp3) is 0.375. The summed E-state index contributed by atoms with van der Waals surface area (Å²) in [7, 11) is 1.45. The first kappa shape index (κ1) is 24.2. The summed E-state index contributed by atoms with van der Waals surface area (Å²) in [6, 6.07) is 2.80. The monoisotopic (exact) mass is 566 g/mol. The molecule has 30 heavy (non-hydrogen) atoms. The number of aromatic nitrogens is 1. The van der Waals surface area contributed by atoms with E-state index in [1.807, 2.05) is 0 Å². The normalized spacial score (nSPS) is 13.2. The van der Waals surface area contributed by atoms with Gasteiger partial charge in [-0.15, -0.1) is 35.3 Å². The predicted octanol–water partition coefficient (Wildman–Crippen LogP) is 3.98. The highest BCUT2D eigenvalue weighted by Crippen LogP contribution is 2.38. The van der Waals surface area contributed by atoms with Crippen molar-refractivity contribution in [1.29, 1.82) is 0 Å². The molecule has 0 aliphatic carbocycles. The first-order valence-corrected chi connectivity index (χ1v) is 8.97. The molecule has 1 aliphatic heterocycles. The second kappa shape index (κ2) is 10.3. The zero-order valence-electron chi connectivity index (χ0n) is 15.3. The van der Waals surface area contributed by atoms with Gasteiger partial charge in [-0.05, 0) is 6.07 Å². The zero-order valence-corrected chi connectivity index (χ0v) is 18.4. The van der Waals surface area contributed by atoms with Crippen LogP contribution in [0.2, 0.25) is 0 Å². The molecule has 0 amide bonds. The maximum absolute atomic E-state index is 12.7. The molecule has 0 fully saturated rings. The Kier molecular flexibility index (Phi) is 8.28. The topological polar surface area (TPSA) is 77.0 Å². The molecule has 3 rings (SSSR count). The van der Waals surface area contributed by atoms with Gasteiger partial charge >= 0.3 is 12.8 Å². The number of benzene rings is 1. The third kappa shape index (κ3) is 6.20. The number of hydrogen-bond donors (Lipinski definition) is 2. The van der Waals surface area contributed by atoms with Crippen LogP contribution in [0.5, 0.6) is 17.2 Å². The van der Waals surface area contributed by atoms with Crippen LogP contribution in [0.4, 0.5) is 22.0 Å². The number of aliphatic imine (C=N–C) groups is 1. The van der Waals surface area contributed by atoms with Gasteiger partial charge in [-0.1, -0.05) is 0 Å². The molecule has 0 bridgehead atoms. The van der Waals surface area contributed by atoms with Crippen molar-refractivity contribution in [2.45, 2.75) is 25.9 Å². The fourth-order valence-corrected chi connectivity index (χ4v) is 3.13. The van der Waals surface area contributed by atoms with Crippen LogP contribution in [0, 0.1) is 0 Å². The van der Waals surface area contributed by atoms with E-state index in [-0.39, 0.29) is 66.3 Å². The lowest BCUT2D eigenvalue weighted by Crippen LogP contribution is -2.36. The van der Waals surface area contributed by atoms with Gasteiger partial charge in [0.25, 0.3) is 0 Å². The minimum absolute atomic E-state index is 0. The van der Waals surface area contributed by atoms with E-state index in [2.05, 4.69) is 25.3 Å². The van der Waals surface area contributed by atoms with Gasteiger partial charge in [-0.2, -0.15) is 22.0 Å². The smallest absolute Gasteiger partial charge is 0.434 e. The number of ether oxygens (including phenoxy) is 3. The van der Waals surface area contributed by atoms with Crippen LogP contribution < -0.4 is 24.8 Å². The van der Waals surface area contributed by atoms with Gasteiger partial charge in [0.15, 0.2) is 23.2 Å². The van der Waals surface area contributed by atoms with Crippen LogP contribution in [0.3, 0.4) is 0 Å². The number of nitrogens with zero attached hydrogens (tertiary/aromatic N) is 2. The molecule has 1 aromatic heterocycles. The molecule has 2 N–H and O–H groups in total. The summed E-state index contributed by atoms with van der Waals surface area (Å²) in [5.41, 5.74) is -0.609. The first-order chi connectivity index (χ1) is 13.8. The van der Waals surface area contributed by atoms with Gasteiger partial charge in [0.05, 0.1) is 6.54 Å². The minimum Gasteiger partial charge on any atom is -0.454 e. The summed E-state index contributed by atoms with van der Waals surface area (Å²) < 4.78 is 78.0. The highest BCUT2D eigenvalue weighted by atomic mass is 127. The number of hydrogen-bond acceptors (Lipinski definition) is 6. The van der Waals surface area contributed by atoms with E-state index in [1.54, 1.807) is 0 Å². The molecule has 166 valence electrons. The van der Waals surface area contributed by atoms with Crippen LogP contribution in [0.15, 0.2) is 22.5 Å². The largest absolute Gasteiger partial charge is 0.454 e. The molecule has 0 radical (unpaired) electrons. The average Bonchev–Trinajstić information content (AvgIpc) is 3.29. The third-order valence-electron chi connectivity index (χ3n) is 3.69. The highest BCUT2D eigenvalue weighted by Gasteiger charge is 2.33. The molecule has 0 saturated heterocycles. The SMILES string of the molecule is CN=C(NCc1nc(C(F)(F)F)cs1)NCc1cc2c(cc1OC(F)F)OCO2.I.